The molecule has 9 N–H and O–H groups in total. The van der Waals surface area contributed by atoms with Crippen molar-refractivity contribution < 1.29 is 28.8 Å². The molecule has 0 radical (unpaired) electrons. The summed E-state index contributed by atoms with van der Waals surface area (Å²) in [5, 5.41) is 11.3. The van der Waals surface area contributed by atoms with E-state index < -0.39 is 61.1 Å². The average Bonchev–Trinajstić information content (AvgIpc) is 2.66. The first kappa shape index (κ1) is 25.5. The molecule has 0 aromatic heterocycles. The number of nitrogens with one attached hydrogen (secondary N) is 5. The summed E-state index contributed by atoms with van der Waals surface area (Å²) in [7, 11) is 0. The van der Waals surface area contributed by atoms with Crippen molar-refractivity contribution >= 4 is 35.4 Å². The summed E-state index contributed by atoms with van der Waals surface area (Å²) in [5.74, 6) is -3.82. The summed E-state index contributed by atoms with van der Waals surface area (Å²) in [6.45, 7) is 3.43. The topological polar surface area (TPSA) is 215 Å². The van der Waals surface area contributed by atoms with Crippen LogP contribution in [0.1, 0.15) is 13.3 Å². The predicted octanol–water partition coefficient (Wildman–Crippen LogP) is -4.65. The van der Waals surface area contributed by atoms with Crippen LogP contribution in [0.4, 0.5) is 0 Å². The van der Waals surface area contributed by atoms with Gasteiger partial charge in [0.2, 0.25) is 35.4 Å². The monoisotopic (exact) mass is 413 g/mol. The van der Waals surface area contributed by atoms with Crippen molar-refractivity contribution in [2.75, 3.05) is 32.7 Å². The zero-order valence-electron chi connectivity index (χ0n) is 16.1. The van der Waals surface area contributed by atoms with Crippen molar-refractivity contribution in [2.24, 2.45) is 11.5 Å². The molecule has 0 rings (SSSR count). The van der Waals surface area contributed by atoms with Crippen molar-refractivity contribution in [3.05, 3.63) is 12.2 Å². The van der Waals surface area contributed by atoms with Gasteiger partial charge in [0, 0.05) is 0 Å². The second-order valence-corrected chi connectivity index (χ2v) is 5.99. The molecule has 0 aliphatic heterocycles. The number of nitrogens with two attached hydrogens (primary N) is 2. The molecule has 0 spiro atoms. The van der Waals surface area contributed by atoms with Gasteiger partial charge >= 0.3 is 0 Å². The lowest BCUT2D eigenvalue weighted by Crippen LogP contribution is -2.49. The molecule has 0 saturated heterocycles. The minimum atomic E-state index is -0.935. The third-order valence-electron chi connectivity index (χ3n) is 3.20. The maximum absolute atomic E-state index is 11.8. The van der Waals surface area contributed by atoms with E-state index in [1.165, 1.54) is 0 Å². The van der Waals surface area contributed by atoms with Gasteiger partial charge in [-0.2, -0.15) is 0 Å². The van der Waals surface area contributed by atoms with Crippen LogP contribution in [0.5, 0.6) is 0 Å². The van der Waals surface area contributed by atoms with Crippen LogP contribution < -0.4 is 38.1 Å². The molecule has 0 heterocycles. The van der Waals surface area contributed by atoms with Crippen LogP contribution in [0, 0.1) is 0 Å². The van der Waals surface area contributed by atoms with Gasteiger partial charge in [0.25, 0.3) is 0 Å². The number of amides is 6. The number of hydrogen-bond donors (Lipinski definition) is 7. The molecular weight excluding hydrogens is 386 g/mol. The first-order valence-corrected chi connectivity index (χ1v) is 8.55. The first-order valence-electron chi connectivity index (χ1n) is 8.55. The molecule has 0 aromatic carbocycles. The molecule has 6 amide bonds. The van der Waals surface area contributed by atoms with Gasteiger partial charge in [0.1, 0.15) is 6.04 Å². The van der Waals surface area contributed by atoms with Crippen LogP contribution in [-0.2, 0) is 28.8 Å². The molecule has 1 atom stereocenters. The number of carbonyl (C=O) groups is 6. The largest absolute Gasteiger partial charge is 0.368 e. The van der Waals surface area contributed by atoms with Gasteiger partial charge in [-0.3, -0.25) is 28.8 Å². The molecule has 162 valence electrons. The fourth-order valence-corrected chi connectivity index (χ4v) is 1.79. The van der Waals surface area contributed by atoms with Crippen molar-refractivity contribution in [3.63, 3.8) is 0 Å². The SMILES string of the molecule is C=C(C)C[C@H](NC(=O)CNC(=O)CNC(=O)CNC(=O)CNC(=O)CN)C(N)=O. The van der Waals surface area contributed by atoms with E-state index in [1.807, 2.05) is 0 Å². The van der Waals surface area contributed by atoms with Gasteiger partial charge in [0.05, 0.1) is 32.7 Å². The molecule has 0 aliphatic carbocycles. The molecule has 29 heavy (non-hydrogen) atoms. The van der Waals surface area contributed by atoms with Gasteiger partial charge in [0.15, 0.2) is 0 Å². The lowest BCUT2D eigenvalue weighted by atomic mass is 10.1. The summed E-state index contributed by atoms with van der Waals surface area (Å²) in [4.78, 5) is 68.5. The van der Waals surface area contributed by atoms with Crippen molar-refractivity contribution in [3.8, 4) is 0 Å². The number of rotatable bonds is 13. The maximum Gasteiger partial charge on any atom is 0.240 e. The Bertz CT molecular complexity index is 664. The van der Waals surface area contributed by atoms with E-state index in [0.717, 1.165) is 0 Å². The molecule has 0 bridgehead atoms. The zero-order chi connectivity index (χ0) is 22.4. The Kier molecular flexibility index (Phi) is 12.0. The lowest BCUT2D eigenvalue weighted by Gasteiger charge is -2.15. The van der Waals surface area contributed by atoms with E-state index >= 15 is 0 Å². The summed E-state index contributed by atoms with van der Waals surface area (Å²) in [6, 6.07) is -0.935. The van der Waals surface area contributed by atoms with Crippen LogP contribution in [0.2, 0.25) is 0 Å². The summed E-state index contributed by atoms with van der Waals surface area (Å²) in [6.07, 6.45) is 0.173. The second-order valence-electron chi connectivity index (χ2n) is 5.99. The van der Waals surface area contributed by atoms with Crippen molar-refractivity contribution in [2.45, 2.75) is 19.4 Å². The number of hydrogen-bond acceptors (Lipinski definition) is 7. The molecular formula is C16H27N7O6. The van der Waals surface area contributed by atoms with Crippen LogP contribution >= 0.6 is 0 Å². The fraction of sp³-hybridized carbons (Fsp3) is 0.500. The van der Waals surface area contributed by atoms with Crippen molar-refractivity contribution in [1.82, 2.24) is 26.6 Å². The summed E-state index contributed by atoms with van der Waals surface area (Å²) >= 11 is 0. The van der Waals surface area contributed by atoms with Crippen LogP contribution in [-0.4, -0.2) is 74.2 Å². The fourth-order valence-electron chi connectivity index (χ4n) is 1.79. The Hall–Kier alpha value is -3.48. The summed E-state index contributed by atoms with van der Waals surface area (Å²) < 4.78 is 0. The van der Waals surface area contributed by atoms with Crippen LogP contribution in [0.3, 0.4) is 0 Å². The van der Waals surface area contributed by atoms with Gasteiger partial charge in [-0.1, -0.05) is 5.57 Å². The number of primary amides is 1. The molecule has 0 fully saturated rings. The Labute approximate surface area is 167 Å². The van der Waals surface area contributed by atoms with Gasteiger partial charge in [-0.05, 0) is 13.3 Å². The minimum absolute atomic E-state index is 0.173. The Morgan fingerprint density at radius 3 is 1.48 bits per heavy atom. The van der Waals surface area contributed by atoms with E-state index in [4.69, 9.17) is 11.5 Å². The summed E-state index contributed by atoms with van der Waals surface area (Å²) in [5.41, 5.74) is 10.9. The minimum Gasteiger partial charge on any atom is -0.368 e. The van der Waals surface area contributed by atoms with Crippen LogP contribution in [0.25, 0.3) is 0 Å². The Morgan fingerprint density at radius 1 is 0.759 bits per heavy atom. The third-order valence-corrected chi connectivity index (χ3v) is 3.20. The normalized spacial score (nSPS) is 10.8. The van der Waals surface area contributed by atoms with Crippen LogP contribution in [0.15, 0.2) is 12.2 Å². The molecule has 0 aliphatic rings. The highest BCUT2D eigenvalue weighted by Crippen LogP contribution is 2.01. The van der Waals surface area contributed by atoms with Gasteiger partial charge in [-0.25, -0.2) is 0 Å². The van der Waals surface area contributed by atoms with E-state index in [1.54, 1.807) is 6.92 Å². The average molecular weight is 413 g/mol. The maximum atomic E-state index is 11.8. The quantitative estimate of drug-likeness (QED) is 0.146. The Morgan fingerprint density at radius 2 is 1.14 bits per heavy atom. The molecule has 0 saturated carbocycles. The first-order chi connectivity index (χ1) is 13.5. The predicted molar refractivity (Wildman–Crippen MR) is 102 cm³/mol. The standard InChI is InChI=1S/C16H27N7O6/c1-9(2)3-10(16(18)29)23-15(28)8-22-14(27)7-21-13(26)6-20-12(25)5-19-11(24)4-17/h10H,1,3-8,17H2,2H3,(H2,18,29)(H,19,24)(H,20,25)(H,21,26)(H,22,27)(H,23,28)/t10-/m0/s1. The van der Waals surface area contributed by atoms with E-state index in [-0.39, 0.29) is 19.5 Å². The molecule has 0 unspecified atom stereocenters. The molecule has 13 heteroatoms. The third kappa shape index (κ3) is 13.4. The lowest BCUT2D eigenvalue weighted by molar-refractivity contribution is -0.129. The van der Waals surface area contributed by atoms with E-state index in [9.17, 15) is 28.8 Å². The Balaban J connectivity index is 4.07. The highest BCUT2D eigenvalue weighted by atomic mass is 16.2. The zero-order valence-corrected chi connectivity index (χ0v) is 16.1. The molecule has 13 nitrogen and oxygen atoms in total. The van der Waals surface area contributed by atoms with Gasteiger partial charge < -0.3 is 38.1 Å². The number of carbonyl (C=O) groups excluding carboxylic acids is 6. The van der Waals surface area contributed by atoms with E-state index in [2.05, 4.69) is 33.2 Å². The van der Waals surface area contributed by atoms with Crippen molar-refractivity contribution in [1.29, 1.82) is 0 Å². The highest BCUT2D eigenvalue weighted by Gasteiger charge is 2.18. The smallest absolute Gasteiger partial charge is 0.240 e. The highest BCUT2D eigenvalue weighted by molar-refractivity contribution is 5.92. The van der Waals surface area contributed by atoms with E-state index in [0.29, 0.717) is 5.57 Å². The molecule has 0 aromatic rings. The van der Waals surface area contributed by atoms with Gasteiger partial charge in [-0.15, -0.1) is 6.58 Å². The second kappa shape index (κ2) is 13.7.